The Morgan fingerprint density at radius 3 is 2.62 bits per heavy atom. The maximum absolute atomic E-state index is 10.4. The topological polar surface area (TPSA) is 42.0 Å². The minimum absolute atomic E-state index is 0.194. The van der Waals surface area contributed by atoms with Gasteiger partial charge in [0.1, 0.15) is 0 Å². The number of aliphatic hydroxyl groups is 1. The van der Waals surface area contributed by atoms with E-state index in [1.54, 1.807) is 0 Å². The molecule has 0 aromatic rings. The monoisotopic (exact) mass is 296 g/mol. The fourth-order valence-corrected chi connectivity index (χ4v) is 4.44. The first-order chi connectivity index (χ1) is 10.2. The first-order valence-corrected chi connectivity index (χ1v) is 8.76. The molecule has 3 rings (SSSR count). The Bertz CT molecular complexity index is 321. The molecule has 3 aliphatic heterocycles. The molecule has 3 unspecified atom stereocenters. The maximum Gasteiger partial charge on any atom is 0.0793 e. The molecule has 0 spiro atoms. The summed E-state index contributed by atoms with van der Waals surface area (Å²) in [6.45, 7) is 9.59. The molecule has 5 heteroatoms. The minimum Gasteiger partial charge on any atom is -0.390 e. The quantitative estimate of drug-likeness (QED) is 0.743. The van der Waals surface area contributed by atoms with Crippen LogP contribution >= 0.6 is 0 Å². The van der Waals surface area contributed by atoms with E-state index in [2.05, 4.69) is 27.1 Å². The van der Waals surface area contributed by atoms with Crippen LogP contribution in [0, 0.1) is 5.92 Å². The summed E-state index contributed by atoms with van der Waals surface area (Å²) in [5, 5.41) is 13.8. The van der Waals surface area contributed by atoms with Crippen molar-refractivity contribution in [1.29, 1.82) is 0 Å². The molecule has 0 saturated carbocycles. The van der Waals surface area contributed by atoms with Crippen molar-refractivity contribution in [2.24, 2.45) is 5.92 Å². The molecule has 3 fully saturated rings. The SMILES string of the molecule is CN1CCCC2CN(CC(O)CN3CCNCC3)CCC21. The molecule has 0 aliphatic carbocycles. The molecule has 0 aromatic heterocycles. The number of rotatable bonds is 4. The predicted molar refractivity (Wildman–Crippen MR) is 85.5 cm³/mol. The zero-order valence-electron chi connectivity index (χ0n) is 13.5. The third kappa shape index (κ3) is 4.17. The number of hydrogen-bond donors (Lipinski definition) is 2. The Balaban J connectivity index is 1.43. The zero-order valence-corrected chi connectivity index (χ0v) is 13.5. The van der Waals surface area contributed by atoms with E-state index in [1.807, 2.05) is 0 Å². The predicted octanol–water partition coefficient (Wildman–Crippen LogP) is -0.331. The average Bonchev–Trinajstić information content (AvgIpc) is 2.48. The third-order valence-electron chi connectivity index (χ3n) is 5.58. The van der Waals surface area contributed by atoms with Crippen molar-refractivity contribution in [1.82, 2.24) is 20.0 Å². The number of hydrogen-bond acceptors (Lipinski definition) is 5. The average molecular weight is 296 g/mol. The van der Waals surface area contributed by atoms with Gasteiger partial charge in [-0.05, 0) is 45.3 Å². The van der Waals surface area contributed by atoms with Crippen molar-refractivity contribution in [2.75, 3.05) is 66.0 Å². The van der Waals surface area contributed by atoms with Crippen LogP contribution in [0.5, 0.6) is 0 Å². The number of piperazine rings is 1. The molecule has 0 radical (unpaired) electrons. The Labute approximate surface area is 129 Å². The molecule has 122 valence electrons. The lowest BCUT2D eigenvalue weighted by atomic mass is 9.84. The summed E-state index contributed by atoms with van der Waals surface area (Å²) in [5.74, 6) is 0.823. The first-order valence-electron chi connectivity index (χ1n) is 8.76. The summed E-state index contributed by atoms with van der Waals surface area (Å²) >= 11 is 0. The summed E-state index contributed by atoms with van der Waals surface area (Å²) in [6.07, 6.45) is 3.80. The van der Waals surface area contributed by atoms with Crippen LogP contribution < -0.4 is 5.32 Å². The summed E-state index contributed by atoms with van der Waals surface area (Å²) in [6, 6.07) is 0.792. The largest absolute Gasteiger partial charge is 0.390 e. The molecule has 3 aliphatic rings. The number of aliphatic hydroxyl groups excluding tert-OH is 1. The second-order valence-corrected chi connectivity index (χ2v) is 7.20. The van der Waals surface area contributed by atoms with Gasteiger partial charge in [0.2, 0.25) is 0 Å². The lowest BCUT2D eigenvalue weighted by Crippen LogP contribution is -2.54. The van der Waals surface area contributed by atoms with Gasteiger partial charge < -0.3 is 20.2 Å². The van der Waals surface area contributed by atoms with Gasteiger partial charge in [-0.2, -0.15) is 0 Å². The zero-order chi connectivity index (χ0) is 14.7. The van der Waals surface area contributed by atoms with Crippen LogP contribution in [0.4, 0.5) is 0 Å². The lowest BCUT2D eigenvalue weighted by Gasteiger charge is -2.46. The van der Waals surface area contributed by atoms with Crippen LogP contribution in [-0.4, -0.2) is 97.9 Å². The van der Waals surface area contributed by atoms with Crippen LogP contribution in [0.1, 0.15) is 19.3 Å². The summed E-state index contributed by atoms with van der Waals surface area (Å²) in [4.78, 5) is 7.46. The van der Waals surface area contributed by atoms with Crippen LogP contribution in [0.25, 0.3) is 0 Å². The van der Waals surface area contributed by atoms with Crippen LogP contribution in [0.15, 0.2) is 0 Å². The molecule has 5 nitrogen and oxygen atoms in total. The van der Waals surface area contributed by atoms with Crippen LogP contribution in [0.2, 0.25) is 0 Å². The summed E-state index contributed by atoms with van der Waals surface area (Å²) in [7, 11) is 2.28. The van der Waals surface area contributed by atoms with Crippen molar-refractivity contribution in [3.8, 4) is 0 Å². The fourth-order valence-electron chi connectivity index (χ4n) is 4.44. The number of piperidine rings is 2. The molecule has 3 atom stereocenters. The molecule has 0 amide bonds. The Morgan fingerprint density at radius 2 is 1.81 bits per heavy atom. The smallest absolute Gasteiger partial charge is 0.0793 e. The van der Waals surface area contributed by atoms with Gasteiger partial charge in [-0.3, -0.25) is 4.90 Å². The first kappa shape index (κ1) is 15.7. The highest BCUT2D eigenvalue weighted by Crippen LogP contribution is 2.29. The van der Waals surface area contributed by atoms with Gasteiger partial charge in [-0.25, -0.2) is 0 Å². The van der Waals surface area contributed by atoms with Gasteiger partial charge >= 0.3 is 0 Å². The lowest BCUT2D eigenvalue weighted by molar-refractivity contribution is 0.00933. The van der Waals surface area contributed by atoms with Gasteiger partial charge in [0.05, 0.1) is 6.10 Å². The molecule has 0 aromatic carbocycles. The molecule has 0 bridgehead atoms. The molecular weight excluding hydrogens is 264 g/mol. The highest BCUT2D eigenvalue weighted by molar-refractivity contribution is 4.90. The summed E-state index contributed by atoms with van der Waals surface area (Å²) < 4.78 is 0. The number of nitrogens with zero attached hydrogens (tertiary/aromatic N) is 3. The van der Waals surface area contributed by atoms with E-state index < -0.39 is 0 Å². The molecule has 2 N–H and O–H groups in total. The number of likely N-dealkylation sites (tertiary alicyclic amines) is 2. The van der Waals surface area contributed by atoms with Gasteiger partial charge in [0, 0.05) is 51.9 Å². The van der Waals surface area contributed by atoms with Crippen molar-refractivity contribution in [3.63, 3.8) is 0 Å². The molecular formula is C16H32N4O. The third-order valence-corrected chi connectivity index (χ3v) is 5.58. The van der Waals surface area contributed by atoms with E-state index in [0.717, 1.165) is 57.8 Å². The van der Waals surface area contributed by atoms with Crippen molar-refractivity contribution in [3.05, 3.63) is 0 Å². The van der Waals surface area contributed by atoms with Gasteiger partial charge in [0.15, 0.2) is 0 Å². The van der Waals surface area contributed by atoms with Gasteiger partial charge in [-0.1, -0.05) is 0 Å². The van der Waals surface area contributed by atoms with Crippen LogP contribution in [-0.2, 0) is 0 Å². The van der Waals surface area contributed by atoms with E-state index in [9.17, 15) is 5.11 Å². The fraction of sp³-hybridized carbons (Fsp3) is 1.00. The maximum atomic E-state index is 10.4. The van der Waals surface area contributed by atoms with E-state index in [4.69, 9.17) is 0 Å². The second kappa shape index (κ2) is 7.38. The highest BCUT2D eigenvalue weighted by atomic mass is 16.3. The van der Waals surface area contributed by atoms with Crippen LogP contribution in [0.3, 0.4) is 0 Å². The Kier molecular flexibility index (Phi) is 5.51. The Morgan fingerprint density at radius 1 is 1.05 bits per heavy atom. The second-order valence-electron chi connectivity index (χ2n) is 7.20. The van der Waals surface area contributed by atoms with E-state index in [0.29, 0.717) is 0 Å². The minimum atomic E-state index is -0.194. The van der Waals surface area contributed by atoms with E-state index >= 15 is 0 Å². The molecule has 3 saturated heterocycles. The standard InChI is InChI=1S/C16H32N4O/c1-18-7-2-3-14-11-20(8-4-16(14)18)13-15(21)12-19-9-5-17-6-10-19/h14-17,21H,2-13H2,1H3. The van der Waals surface area contributed by atoms with E-state index in [-0.39, 0.29) is 6.10 Å². The number of nitrogens with one attached hydrogen (secondary N) is 1. The number of β-amino-alcohol motifs (C(OH)–C–C–N with tert-alkyl or cyclic N) is 1. The number of fused-ring (bicyclic) bond motifs is 1. The summed E-state index contributed by atoms with van der Waals surface area (Å²) in [5.41, 5.74) is 0. The molecule has 21 heavy (non-hydrogen) atoms. The van der Waals surface area contributed by atoms with Gasteiger partial charge in [-0.15, -0.1) is 0 Å². The Hall–Kier alpha value is -0.200. The van der Waals surface area contributed by atoms with Crippen molar-refractivity contribution in [2.45, 2.75) is 31.4 Å². The molecule has 3 heterocycles. The van der Waals surface area contributed by atoms with Crippen molar-refractivity contribution < 1.29 is 5.11 Å². The van der Waals surface area contributed by atoms with Gasteiger partial charge in [0.25, 0.3) is 0 Å². The van der Waals surface area contributed by atoms with Crippen molar-refractivity contribution >= 4 is 0 Å². The normalized spacial score (nSPS) is 34.6. The van der Waals surface area contributed by atoms with E-state index in [1.165, 1.54) is 32.4 Å². The highest BCUT2D eigenvalue weighted by Gasteiger charge is 2.34.